The lowest BCUT2D eigenvalue weighted by molar-refractivity contribution is 0.843. The molecule has 8 rings (SSSR count). The number of anilines is 1. The van der Waals surface area contributed by atoms with E-state index in [0.29, 0.717) is 0 Å². The van der Waals surface area contributed by atoms with Crippen molar-refractivity contribution < 1.29 is 0 Å². The van der Waals surface area contributed by atoms with E-state index >= 15 is 0 Å². The molecule has 1 N–H and O–H groups in total. The molecule has 7 aromatic carbocycles. The predicted octanol–water partition coefficient (Wildman–Crippen LogP) is 12.8. The summed E-state index contributed by atoms with van der Waals surface area (Å²) < 4.78 is 1.27. The van der Waals surface area contributed by atoms with Crippen LogP contribution in [0.4, 0.5) is 5.69 Å². The topological polar surface area (TPSA) is 36.8 Å². The smallest absolute Gasteiger partial charge is 0.143 e. The van der Waals surface area contributed by atoms with Gasteiger partial charge in [0.05, 0.1) is 16.3 Å². The molecule has 1 heterocycles. The first kappa shape index (κ1) is 33.1. The minimum absolute atomic E-state index is 0.317. The van der Waals surface area contributed by atoms with Crippen molar-refractivity contribution in [2.24, 2.45) is 9.98 Å². The Balaban J connectivity index is 1.09. The lowest BCUT2D eigenvalue weighted by Crippen LogP contribution is -2.10. The van der Waals surface area contributed by atoms with Crippen molar-refractivity contribution in [3.8, 4) is 0 Å². The standard InChI is InChI=1S/C48H39N3S/c1-4-43(50-46(34-16-6-5-7-17-34)47-32(2)39-20-13-15-25-45(39)52-47)33-26-28-35(29-27-33)48(49-3)51-44-24-14-9-19-37(44)31-38-30-36-18-8-10-21-40(36)42-23-12-11-22-41(38)42/h4-30,48,51H,3,31H2,1-2H3/b43-4-,50-46?. The predicted molar refractivity (Wildman–Crippen MR) is 225 cm³/mol. The van der Waals surface area contributed by atoms with Gasteiger partial charge in [-0.1, -0.05) is 152 Å². The lowest BCUT2D eigenvalue weighted by Gasteiger charge is -2.20. The summed E-state index contributed by atoms with van der Waals surface area (Å²) in [6, 6.07) is 55.9. The van der Waals surface area contributed by atoms with Crippen LogP contribution in [0.25, 0.3) is 37.3 Å². The van der Waals surface area contributed by atoms with Crippen molar-refractivity contribution in [1.29, 1.82) is 0 Å². The highest BCUT2D eigenvalue weighted by molar-refractivity contribution is 7.21. The summed E-state index contributed by atoms with van der Waals surface area (Å²) in [4.78, 5) is 11.1. The highest BCUT2D eigenvalue weighted by Crippen LogP contribution is 2.35. The van der Waals surface area contributed by atoms with Crippen LogP contribution in [0, 0.1) is 6.92 Å². The Morgan fingerprint density at radius 3 is 2.08 bits per heavy atom. The highest BCUT2D eigenvalue weighted by atomic mass is 32.1. The number of para-hydroxylation sites is 1. The summed E-state index contributed by atoms with van der Waals surface area (Å²) in [5.74, 6) is 0. The van der Waals surface area contributed by atoms with Crippen LogP contribution in [-0.4, -0.2) is 12.4 Å². The van der Waals surface area contributed by atoms with Crippen LogP contribution in [-0.2, 0) is 6.42 Å². The zero-order valence-electron chi connectivity index (χ0n) is 29.4. The molecular formula is C48H39N3S. The second-order valence-corrected chi connectivity index (χ2v) is 14.1. The third kappa shape index (κ3) is 6.45. The maximum Gasteiger partial charge on any atom is 0.143 e. The molecule has 0 amide bonds. The second kappa shape index (κ2) is 14.6. The highest BCUT2D eigenvalue weighted by Gasteiger charge is 2.18. The zero-order valence-corrected chi connectivity index (χ0v) is 30.2. The van der Waals surface area contributed by atoms with Gasteiger partial charge in [-0.05, 0) is 87.4 Å². The van der Waals surface area contributed by atoms with Crippen LogP contribution in [0.2, 0.25) is 0 Å². The largest absolute Gasteiger partial charge is 0.360 e. The fourth-order valence-corrected chi connectivity index (χ4v) is 8.40. The van der Waals surface area contributed by atoms with Crippen molar-refractivity contribution in [3.05, 3.63) is 202 Å². The van der Waals surface area contributed by atoms with Gasteiger partial charge in [-0.25, -0.2) is 4.99 Å². The molecule has 1 aromatic heterocycles. The van der Waals surface area contributed by atoms with Crippen LogP contribution in [0.15, 0.2) is 174 Å². The molecule has 0 aliphatic carbocycles. The van der Waals surface area contributed by atoms with E-state index in [0.717, 1.165) is 40.2 Å². The van der Waals surface area contributed by atoms with E-state index in [4.69, 9.17) is 4.99 Å². The number of aryl methyl sites for hydroxylation is 1. The summed E-state index contributed by atoms with van der Waals surface area (Å²) in [7, 11) is 0. The second-order valence-electron chi connectivity index (χ2n) is 13.0. The minimum atomic E-state index is -0.317. The Hall–Kier alpha value is -6.10. The first-order valence-corrected chi connectivity index (χ1v) is 18.5. The Bertz CT molecular complexity index is 2610. The molecule has 0 aliphatic heterocycles. The van der Waals surface area contributed by atoms with Crippen molar-refractivity contribution >= 4 is 66.8 Å². The van der Waals surface area contributed by atoms with Gasteiger partial charge in [-0.15, -0.1) is 11.3 Å². The first-order valence-electron chi connectivity index (χ1n) is 17.7. The molecule has 0 saturated carbocycles. The number of benzene rings is 7. The Morgan fingerprint density at radius 2 is 1.33 bits per heavy atom. The maximum absolute atomic E-state index is 5.35. The zero-order chi connectivity index (χ0) is 35.4. The number of allylic oxidation sites excluding steroid dienone is 1. The minimum Gasteiger partial charge on any atom is -0.360 e. The SMILES string of the molecule is C=NC(Nc1ccccc1Cc1cc2ccccc2c2ccccc12)c1ccc(/C(=C/C)N=C(c2ccccc2)c2sc3ccccc3c2C)cc1. The Kier molecular flexibility index (Phi) is 9.30. The van der Waals surface area contributed by atoms with Crippen LogP contribution in [0.3, 0.4) is 0 Å². The Labute approximate surface area is 309 Å². The van der Waals surface area contributed by atoms with Crippen molar-refractivity contribution in [2.75, 3.05) is 5.32 Å². The molecule has 0 fully saturated rings. The molecule has 0 radical (unpaired) electrons. The van der Waals surface area contributed by atoms with Gasteiger partial charge in [0.25, 0.3) is 0 Å². The van der Waals surface area contributed by atoms with Gasteiger partial charge in [0.1, 0.15) is 6.17 Å². The number of rotatable bonds is 10. The molecule has 1 atom stereocenters. The van der Waals surface area contributed by atoms with Gasteiger partial charge in [-0.3, -0.25) is 4.99 Å². The van der Waals surface area contributed by atoms with Gasteiger partial charge < -0.3 is 5.32 Å². The van der Waals surface area contributed by atoms with E-state index in [1.807, 2.05) is 0 Å². The number of nitrogens with one attached hydrogen (secondary N) is 1. The van der Waals surface area contributed by atoms with Gasteiger partial charge in [0.15, 0.2) is 0 Å². The van der Waals surface area contributed by atoms with Crippen LogP contribution in [0.5, 0.6) is 0 Å². The number of nitrogens with zero attached hydrogens (tertiary/aromatic N) is 2. The fourth-order valence-electron chi connectivity index (χ4n) is 7.18. The van der Waals surface area contributed by atoms with Crippen LogP contribution in [0.1, 0.15) is 51.3 Å². The van der Waals surface area contributed by atoms with E-state index in [1.54, 1.807) is 11.3 Å². The van der Waals surface area contributed by atoms with Gasteiger partial charge in [-0.2, -0.15) is 0 Å². The average Bonchev–Trinajstić information content (AvgIpc) is 3.54. The maximum atomic E-state index is 5.35. The van der Waals surface area contributed by atoms with Crippen molar-refractivity contribution in [1.82, 2.24) is 0 Å². The number of thiophene rings is 1. The van der Waals surface area contributed by atoms with Crippen molar-refractivity contribution in [3.63, 3.8) is 0 Å². The molecule has 8 aromatic rings. The van der Waals surface area contributed by atoms with E-state index < -0.39 is 0 Å². The molecule has 252 valence electrons. The number of fused-ring (bicyclic) bond motifs is 4. The monoisotopic (exact) mass is 689 g/mol. The summed E-state index contributed by atoms with van der Waals surface area (Å²) in [6.45, 7) is 8.24. The molecular weight excluding hydrogens is 651 g/mol. The third-order valence-electron chi connectivity index (χ3n) is 9.86. The van der Waals surface area contributed by atoms with Crippen molar-refractivity contribution in [2.45, 2.75) is 26.4 Å². The lowest BCUT2D eigenvalue weighted by atomic mass is 9.93. The number of aliphatic imine (C=N–C) groups is 2. The average molecular weight is 690 g/mol. The molecule has 0 spiro atoms. The van der Waals surface area contributed by atoms with E-state index in [-0.39, 0.29) is 6.17 Å². The molecule has 0 aliphatic rings. The number of hydrogen-bond donors (Lipinski definition) is 1. The van der Waals surface area contributed by atoms with Gasteiger partial charge in [0.2, 0.25) is 0 Å². The summed E-state index contributed by atoms with van der Waals surface area (Å²) in [5, 5.41) is 10.1. The number of hydrogen-bond acceptors (Lipinski definition) is 4. The Morgan fingerprint density at radius 1 is 0.673 bits per heavy atom. The fraction of sp³-hybridized carbons (Fsp3) is 0.0833. The summed E-state index contributed by atoms with van der Waals surface area (Å²) in [5.41, 5.74) is 9.91. The van der Waals surface area contributed by atoms with Gasteiger partial charge in [0, 0.05) is 22.4 Å². The van der Waals surface area contributed by atoms with E-state index in [2.05, 4.69) is 195 Å². The van der Waals surface area contributed by atoms with Crippen LogP contribution < -0.4 is 5.32 Å². The molecule has 0 saturated heterocycles. The first-order chi connectivity index (χ1) is 25.6. The summed E-state index contributed by atoms with van der Waals surface area (Å²) in [6.07, 6.45) is 2.57. The van der Waals surface area contributed by atoms with Crippen LogP contribution >= 0.6 is 11.3 Å². The molecule has 52 heavy (non-hydrogen) atoms. The van der Waals surface area contributed by atoms with E-state index in [9.17, 15) is 0 Å². The van der Waals surface area contributed by atoms with E-state index in [1.165, 1.54) is 53.2 Å². The summed E-state index contributed by atoms with van der Waals surface area (Å²) >= 11 is 1.80. The molecule has 1 unspecified atom stereocenters. The van der Waals surface area contributed by atoms with Gasteiger partial charge >= 0.3 is 0 Å². The quantitative estimate of drug-likeness (QED) is 0.113. The third-order valence-corrected chi connectivity index (χ3v) is 11.1. The molecule has 3 nitrogen and oxygen atoms in total. The molecule has 4 heteroatoms. The molecule has 0 bridgehead atoms. The normalized spacial score (nSPS) is 12.7.